The number of amides is 1. The molecular weight excluding hydrogens is 336 g/mol. The van der Waals surface area contributed by atoms with Gasteiger partial charge in [0.15, 0.2) is 0 Å². The lowest BCUT2D eigenvalue weighted by atomic mass is 10.2. The molecule has 0 bridgehead atoms. The van der Waals surface area contributed by atoms with E-state index < -0.39 is 0 Å². The maximum atomic E-state index is 12.2. The third kappa shape index (κ3) is 3.46. The van der Waals surface area contributed by atoms with Crippen LogP contribution in [-0.4, -0.2) is 20.1 Å². The van der Waals surface area contributed by atoms with Crippen molar-refractivity contribution in [3.8, 4) is 11.5 Å². The molecule has 0 aromatic heterocycles. The van der Waals surface area contributed by atoms with E-state index in [1.165, 1.54) is 0 Å². The largest absolute Gasteiger partial charge is 0.497 e. The first-order valence-corrected chi connectivity index (χ1v) is 6.93. The molecule has 1 amide bonds. The zero-order valence-electron chi connectivity index (χ0n) is 11.6. The molecule has 0 aliphatic rings. The molecule has 0 spiro atoms. The van der Waals surface area contributed by atoms with Gasteiger partial charge < -0.3 is 20.5 Å². The summed E-state index contributed by atoms with van der Waals surface area (Å²) in [6.07, 6.45) is 0. The molecule has 0 fully saturated rings. The fraction of sp³-hybridized carbons (Fsp3) is 0.133. The zero-order valence-corrected chi connectivity index (χ0v) is 13.2. The van der Waals surface area contributed by atoms with Crippen LogP contribution >= 0.6 is 15.9 Å². The molecule has 0 saturated heterocycles. The van der Waals surface area contributed by atoms with Crippen molar-refractivity contribution in [1.29, 1.82) is 0 Å². The highest BCUT2D eigenvalue weighted by atomic mass is 79.9. The van der Waals surface area contributed by atoms with Crippen LogP contribution in [0.25, 0.3) is 0 Å². The van der Waals surface area contributed by atoms with Crippen LogP contribution < -0.4 is 20.5 Å². The topological polar surface area (TPSA) is 73.6 Å². The van der Waals surface area contributed by atoms with E-state index in [2.05, 4.69) is 21.2 Å². The summed E-state index contributed by atoms with van der Waals surface area (Å²) in [7, 11) is 3.12. The van der Waals surface area contributed by atoms with Gasteiger partial charge in [0, 0.05) is 11.6 Å². The number of benzene rings is 2. The lowest BCUT2D eigenvalue weighted by Crippen LogP contribution is -2.13. The summed E-state index contributed by atoms with van der Waals surface area (Å²) in [5.74, 6) is 1.01. The Hall–Kier alpha value is -2.21. The van der Waals surface area contributed by atoms with Crippen LogP contribution in [0.4, 0.5) is 11.4 Å². The summed E-state index contributed by atoms with van der Waals surface area (Å²) in [6, 6.07) is 10.2. The molecule has 3 N–H and O–H groups in total. The molecule has 0 saturated carbocycles. The van der Waals surface area contributed by atoms with Gasteiger partial charge in [0.1, 0.15) is 11.5 Å². The molecule has 21 heavy (non-hydrogen) atoms. The van der Waals surface area contributed by atoms with Crippen LogP contribution in [0.2, 0.25) is 0 Å². The molecule has 0 radical (unpaired) electrons. The summed E-state index contributed by atoms with van der Waals surface area (Å²) < 4.78 is 11.0. The Morgan fingerprint density at radius 2 is 1.90 bits per heavy atom. The average molecular weight is 351 g/mol. The van der Waals surface area contributed by atoms with Gasteiger partial charge in [-0.15, -0.1) is 0 Å². The average Bonchev–Trinajstić information content (AvgIpc) is 2.49. The van der Waals surface area contributed by atoms with Gasteiger partial charge in [-0.3, -0.25) is 4.79 Å². The van der Waals surface area contributed by atoms with Gasteiger partial charge in [0.25, 0.3) is 5.91 Å². The SMILES string of the molecule is COc1ccc(N)c(NC(=O)c2ccc(OC)c(Br)c2)c1. The number of anilines is 2. The first-order valence-electron chi connectivity index (χ1n) is 6.13. The molecule has 110 valence electrons. The Balaban J connectivity index is 2.23. The van der Waals surface area contributed by atoms with Crippen molar-refractivity contribution < 1.29 is 14.3 Å². The standard InChI is InChI=1S/C15H15BrN2O3/c1-20-10-4-5-12(17)13(8-10)18-15(19)9-3-6-14(21-2)11(16)7-9/h3-8H,17H2,1-2H3,(H,18,19). The number of nitrogens with one attached hydrogen (secondary N) is 1. The van der Waals surface area contributed by atoms with Crippen molar-refractivity contribution in [2.75, 3.05) is 25.3 Å². The van der Waals surface area contributed by atoms with Crippen molar-refractivity contribution in [2.24, 2.45) is 0 Å². The number of carbonyl (C=O) groups is 1. The van der Waals surface area contributed by atoms with Crippen molar-refractivity contribution in [1.82, 2.24) is 0 Å². The number of rotatable bonds is 4. The highest BCUT2D eigenvalue weighted by Crippen LogP contribution is 2.27. The minimum atomic E-state index is -0.265. The van der Waals surface area contributed by atoms with E-state index in [-0.39, 0.29) is 5.91 Å². The first-order chi connectivity index (χ1) is 10.0. The summed E-state index contributed by atoms with van der Waals surface area (Å²) in [4.78, 5) is 12.2. The van der Waals surface area contributed by atoms with E-state index in [0.29, 0.717) is 32.9 Å². The van der Waals surface area contributed by atoms with E-state index in [4.69, 9.17) is 15.2 Å². The Kier molecular flexibility index (Phi) is 4.70. The fourth-order valence-corrected chi connectivity index (χ4v) is 2.31. The number of nitrogens with two attached hydrogens (primary N) is 1. The summed E-state index contributed by atoms with van der Waals surface area (Å²) in [6.45, 7) is 0. The Bertz CT molecular complexity index is 674. The number of hydrogen-bond acceptors (Lipinski definition) is 4. The molecule has 0 unspecified atom stereocenters. The fourth-order valence-electron chi connectivity index (χ4n) is 1.77. The lowest BCUT2D eigenvalue weighted by molar-refractivity contribution is 0.102. The van der Waals surface area contributed by atoms with E-state index in [1.807, 2.05) is 0 Å². The van der Waals surface area contributed by atoms with Crippen molar-refractivity contribution in [3.05, 3.63) is 46.4 Å². The Morgan fingerprint density at radius 3 is 2.52 bits per heavy atom. The van der Waals surface area contributed by atoms with Crippen molar-refractivity contribution in [2.45, 2.75) is 0 Å². The monoisotopic (exact) mass is 350 g/mol. The molecule has 2 rings (SSSR count). The van der Waals surface area contributed by atoms with E-state index in [9.17, 15) is 4.79 Å². The lowest BCUT2D eigenvalue weighted by Gasteiger charge is -2.11. The van der Waals surface area contributed by atoms with E-state index >= 15 is 0 Å². The second-order valence-electron chi connectivity index (χ2n) is 4.26. The van der Waals surface area contributed by atoms with Crippen LogP contribution in [0.15, 0.2) is 40.9 Å². The molecule has 5 nitrogen and oxygen atoms in total. The van der Waals surface area contributed by atoms with Crippen LogP contribution in [0.3, 0.4) is 0 Å². The number of carbonyl (C=O) groups excluding carboxylic acids is 1. The third-order valence-corrected chi connectivity index (χ3v) is 3.54. The molecule has 2 aromatic carbocycles. The summed E-state index contributed by atoms with van der Waals surface area (Å²) in [5.41, 5.74) is 7.31. The number of ether oxygens (including phenoxy) is 2. The van der Waals surface area contributed by atoms with Gasteiger partial charge >= 0.3 is 0 Å². The predicted molar refractivity (Wildman–Crippen MR) is 86.1 cm³/mol. The normalized spacial score (nSPS) is 10.0. The quantitative estimate of drug-likeness (QED) is 0.829. The summed E-state index contributed by atoms with van der Waals surface area (Å²) >= 11 is 3.35. The van der Waals surface area contributed by atoms with Gasteiger partial charge in [-0.25, -0.2) is 0 Å². The number of hydrogen-bond donors (Lipinski definition) is 2. The molecule has 2 aromatic rings. The van der Waals surface area contributed by atoms with Crippen LogP contribution in [-0.2, 0) is 0 Å². The second kappa shape index (κ2) is 6.49. The highest BCUT2D eigenvalue weighted by molar-refractivity contribution is 9.10. The second-order valence-corrected chi connectivity index (χ2v) is 5.11. The van der Waals surface area contributed by atoms with E-state index in [1.54, 1.807) is 50.6 Å². The molecular formula is C15H15BrN2O3. The van der Waals surface area contributed by atoms with Gasteiger partial charge in [-0.2, -0.15) is 0 Å². The van der Waals surface area contributed by atoms with Crippen molar-refractivity contribution in [3.63, 3.8) is 0 Å². The van der Waals surface area contributed by atoms with Crippen molar-refractivity contribution >= 4 is 33.2 Å². The van der Waals surface area contributed by atoms with Gasteiger partial charge in [-0.05, 0) is 46.3 Å². The molecule has 0 atom stereocenters. The van der Waals surface area contributed by atoms with Gasteiger partial charge in [0.05, 0.1) is 30.1 Å². The maximum Gasteiger partial charge on any atom is 0.255 e. The third-order valence-electron chi connectivity index (χ3n) is 2.92. The minimum Gasteiger partial charge on any atom is -0.497 e. The molecule has 0 aliphatic carbocycles. The number of halogens is 1. The van der Waals surface area contributed by atoms with Gasteiger partial charge in [-0.1, -0.05) is 0 Å². The molecule has 6 heteroatoms. The molecule has 0 aliphatic heterocycles. The van der Waals surface area contributed by atoms with Gasteiger partial charge in [0.2, 0.25) is 0 Å². The highest BCUT2D eigenvalue weighted by Gasteiger charge is 2.11. The number of nitrogen functional groups attached to an aromatic ring is 1. The van der Waals surface area contributed by atoms with E-state index in [0.717, 1.165) is 0 Å². The first kappa shape index (κ1) is 15.2. The maximum absolute atomic E-state index is 12.2. The minimum absolute atomic E-state index is 0.265. The Labute approximate surface area is 131 Å². The smallest absolute Gasteiger partial charge is 0.255 e. The zero-order chi connectivity index (χ0) is 15.4. The van der Waals surface area contributed by atoms with Crippen LogP contribution in [0.5, 0.6) is 11.5 Å². The van der Waals surface area contributed by atoms with Crippen LogP contribution in [0.1, 0.15) is 10.4 Å². The Morgan fingerprint density at radius 1 is 1.14 bits per heavy atom. The predicted octanol–water partition coefficient (Wildman–Crippen LogP) is 3.30. The summed E-state index contributed by atoms with van der Waals surface area (Å²) in [5, 5.41) is 2.76. The number of methoxy groups -OCH3 is 2. The van der Waals surface area contributed by atoms with Crippen LogP contribution in [0, 0.1) is 0 Å². The molecule has 0 heterocycles.